The minimum absolute atomic E-state index is 0.216. The Labute approximate surface area is 213 Å². The zero-order chi connectivity index (χ0) is 25.3. The average Bonchev–Trinajstić information content (AvgIpc) is 3.37. The van der Waals surface area contributed by atoms with Gasteiger partial charge in [-0.25, -0.2) is 0 Å². The molecule has 1 heterocycles. The SMILES string of the molecule is CCC(=C(c1ccc(OCCNC(C)C)cc1)c1ccc(OCOC)cc1)c1ccc2c(c1)OCO2. The Morgan fingerprint density at radius 1 is 0.833 bits per heavy atom. The third-order valence-electron chi connectivity index (χ3n) is 5.93. The first-order valence-corrected chi connectivity index (χ1v) is 12.4. The van der Waals surface area contributed by atoms with Crippen molar-refractivity contribution in [1.29, 1.82) is 0 Å². The first-order valence-electron chi connectivity index (χ1n) is 12.4. The summed E-state index contributed by atoms with van der Waals surface area (Å²) in [6.45, 7) is 8.35. The summed E-state index contributed by atoms with van der Waals surface area (Å²) in [5.74, 6) is 3.18. The molecule has 1 N–H and O–H groups in total. The first kappa shape index (κ1) is 25.6. The van der Waals surface area contributed by atoms with Gasteiger partial charge >= 0.3 is 0 Å². The number of hydrogen-bond acceptors (Lipinski definition) is 6. The molecule has 3 aromatic rings. The fourth-order valence-electron chi connectivity index (χ4n) is 4.20. The van der Waals surface area contributed by atoms with Crippen LogP contribution in [-0.4, -0.2) is 39.9 Å². The molecule has 0 atom stereocenters. The van der Waals surface area contributed by atoms with Gasteiger partial charge in [0.05, 0.1) is 0 Å². The van der Waals surface area contributed by atoms with Crippen LogP contribution in [0, 0.1) is 0 Å². The molecule has 3 aromatic carbocycles. The van der Waals surface area contributed by atoms with Crippen LogP contribution in [0.4, 0.5) is 0 Å². The molecule has 0 saturated carbocycles. The van der Waals surface area contributed by atoms with Gasteiger partial charge in [-0.05, 0) is 70.7 Å². The highest BCUT2D eigenvalue weighted by Gasteiger charge is 2.18. The Kier molecular flexibility index (Phi) is 8.87. The molecule has 0 aliphatic carbocycles. The highest BCUT2D eigenvalue weighted by Crippen LogP contribution is 2.40. The number of nitrogens with one attached hydrogen (secondary N) is 1. The molecule has 4 rings (SSSR count). The van der Waals surface area contributed by atoms with Gasteiger partial charge in [0.2, 0.25) is 6.79 Å². The van der Waals surface area contributed by atoms with Crippen LogP contribution in [0.1, 0.15) is 43.9 Å². The number of hydrogen-bond donors (Lipinski definition) is 1. The van der Waals surface area contributed by atoms with Crippen molar-refractivity contribution in [3.8, 4) is 23.0 Å². The highest BCUT2D eigenvalue weighted by molar-refractivity contribution is 5.99. The van der Waals surface area contributed by atoms with Crippen LogP contribution in [0.3, 0.4) is 0 Å². The smallest absolute Gasteiger partial charge is 0.231 e. The Morgan fingerprint density at radius 3 is 2.06 bits per heavy atom. The van der Waals surface area contributed by atoms with Crippen LogP contribution in [0.2, 0.25) is 0 Å². The first-order chi connectivity index (χ1) is 17.6. The maximum atomic E-state index is 5.93. The van der Waals surface area contributed by atoms with E-state index < -0.39 is 0 Å². The van der Waals surface area contributed by atoms with Crippen molar-refractivity contribution >= 4 is 11.1 Å². The van der Waals surface area contributed by atoms with Crippen LogP contribution in [0.25, 0.3) is 11.1 Å². The summed E-state index contributed by atoms with van der Waals surface area (Å²) in [6, 6.07) is 23.0. The van der Waals surface area contributed by atoms with Crippen molar-refractivity contribution in [2.75, 3.05) is 33.8 Å². The molecule has 36 heavy (non-hydrogen) atoms. The van der Waals surface area contributed by atoms with E-state index in [1.54, 1.807) is 7.11 Å². The third-order valence-corrected chi connectivity index (χ3v) is 5.93. The standard InChI is InChI=1S/C30H35NO5/c1-5-27(24-10-15-28-29(18-24)36-20-35-28)30(23-8-13-26(14-9-23)34-19-32-4)22-6-11-25(12-7-22)33-17-16-31-21(2)3/h6-15,18,21,31H,5,16-17,19-20H2,1-4H3. The average molecular weight is 490 g/mol. The van der Waals surface area contributed by atoms with Crippen LogP contribution in [0.5, 0.6) is 23.0 Å². The molecule has 6 nitrogen and oxygen atoms in total. The van der Waals surface area contributed by atoms with Crippen molar-refractivity contribution in [3.63, 3.8) is 0 Å². The lowest BCUT2D eigenvalue weighted by atomic mass is 9.88. The Hall–Kier alpha value is -3.48. The summed E-state index contributed by atoms with van der Waals surface area (Å²) in [7, 11) is 1.61. The molecule has 190 valence electrons. The fourth-order valence-corrected chi connectivity index (χ4v) is 4.20. The van der Waals surface area contributed by atoms with Gasteiger partial charge in [-0.1, -0.05) is 51.1 Å². The fraction of sp³-hybridized carbons (Fsp3) is 0.333. The molecule has 0 bridgehead atoms. The molecule has 0 spiro atoms. The number of ether oxygens (including phenoxy) is 5. The van der Waals surface area contributed by atoms with Gasteiger partial charge in [-0.3, -0.25) is 0 Å². The second-order valence-corrected chi connectivity index (χ2v) is 8.83. The highest BCUT2D eigenvalue weighted by atomic mass is 16.7. The second kappa shape index (κ2) is 12.5. The summed E-state index contributed by atoms with van der Waals surface area (Å²) >= 11 is 0. The van der Waals surface area contributed by atoms with Gasteiger partial charge in [-0.2, -0.15) is 0 Å². The lowest BCUT2D eigenvalue weighted by Gasteiger charge is -2.18. The molecule has 0 aromatic heterocycles. The van der Waals surface area contributed by atoms with Gasteiger partial charge in [0, 0.05) is 19.7 Å². The molecule has 0 amide bonds. The van der Waals surface area contributed by atoms with Gasteiger partial charge in [0.25, 0.3) is 0 Å². The van der Waals surface area contributed by atoms with E-state index in [0.717, 1.165) is 58.2 Å². The van der Waals surface area contributed by atoms with Gasteiger partial charge in [-0.15, -0.1) is 0 Å². The summed E-state index contributed by atoms with van der Waals surface area (Å²) in [5.41, 5.74) is 5.69. The number of benzene rings is 3. The second-order valence-electron chi connectivity index (χ2n) is 8.83. The lowest BCUT2D eigenvalue weighted by molar-refractivity contribution is 0.0511. The molecule has 0 radical (unpaired) electrons. The summed E-state index contributed by atoms with van der Waals surface area (Å²) < 4.78 is 27.8. The third kappa shape index (κ3) is 6.39. The van der Waals surface area contributed by atoms with Crippen LogP contribution >= 0.6 is 0 Å². The van der Waals surface area contributed by atoms with E-state index in [1.165, 1.54) is 5.57 Å². The van der Waals surface area contributed by atoms with Crippen LogP contribution in [-0.2, 0) is 4.74 Å². The molecule has 0 saturated heterocycles. The minimum Gasteiger partial charge on any atom is -0.492 e. The number of methoxy groups -OCH3 is 1. The summed E-state index contributed by atoms with van der Waals surface area (Å²) in [4.78, 5) is 0. The maximum absolute atomic E-state index is 5.93. The zero-order valence-electron chi connectivity index (χ0n) is 21.5. The Balaban J connectivity index is 1.69. The minimum atomic E-state index is 0.216. The van der Waals surface area contributed by atoms with E-state index in [9.17, 15) is 0 Å². The quantitative estimate of drug-likeness (QED) is 0.187. The van der Waals surface area contributed by atoms with Gasteiger partial charge < -0.3 is 29.0 Å². The molecule has 0 fully saturated rings. The monoisotopic (exact) mass is 489 g/mol. The van der Waals surface area contributed by atoms with Gasteiger partial charge in [0.1, 0.15) is 18.1 Å². The van der Waals surface area contributed by atoms with Crippen molar-refractivity contribution in [2.24, 2.45) is 0 Å². The molecular formula is C30H35NO5. The van der Waals surface area contributed by atoms with Crippen LogP contribution in [0.15, 0.2) is 66.7 Å². The van der Waals surface area contributed by atoms with E-state index in [-0.39, 0.29) is 13.6 Å². The predicted molar refractivity (Wildman–Crippen MR) is 143 cm³/mol. The van der Waals surface area contributed by atoms with Crippen molar-refractivity contribution in [2.45, 2.75) is 33.2 Å². The topological polar surface area (TPSA) is 58.2 Å². The molecule has 1 aliphatic rings. The van der Waals surface area contributed by atoms with E-state index in [4.69, 9.17) is 23.7 Å². The lowest BCUT2D eigenvalue weighted by Crippen LogP contribution is -2.27. The Bertz CT molecular complexity index is 1150. The van der Waals surface area contributed by atoms with Crippen LogP contribution < -0.4 is 24.3 Å². The molecular weight excluding hydrogens is 454 g/mol. The molecule has 0 unspecified atom stereocenters. The largest absolute Gasteiger partial charge is 0.492 e. The molecule has 1 aliphatic heterocycles. The van der Waals surface area contributed by atoms with E-state index in [1.807, 2.05) is 30.3 Å². The normalized spacial score (nSPS) is 13.0. The number of allylic oxidation sites excluding steroid dienone is 1. The van der Waals surface area contributed by atoms with Crippen molar-refractivity contribution in [3.05, 3.63) is 83.4 Å². The van der Waals surface area contributed by atoms with E-state index in [0.29, 0.717) is 12.6 Å². The molecule has 6 heteroatoms. The summed E-state index contributed by atoms with van der Waals surface area (Å²) in [6.07, 6.45) is 0.843. The van der Waals surface area contributed by atoms with Crippen molar-refractivity contribution in [1.82, 2.24) is 5.32 Å². The number of rotatable bonds is 12. The predicted octanol–water partition coefficient (Wildman–Crippen LogP) is 6.14. The number of fused-ring (bicyclic) bond motifs is 1. The van der Waals surface area contributed by atoms with Crippen molar-refractivity contribution < 1.29 is 23.7 Å². The van der Waals surface area contributed by atoms with Gasteiger partial charge in [0.15, 0.2) is 18.3 Å². The Morgan fingerprint density at radius 2 is 1.44 bits per heavy atom. The van der Waals surface area contributed by atoms with E-state index >= 15 is 0 Å². The van der Waals surface area contributed by atoms with E-state index in [2.05, 4.69) is 62.5 Å². The maximum Gasteiger partial charge on any atom is 0.231 e. The summed E-state index contributed by atoms with van der Waals surface area (Å²) in [5, 5.41) is 3.37. The zero-order valence-corrected chi connectivity index (χ0v) is 21.5.